The smallest absolute Gasteiger partial charge is 0.316 e. The average Bonchev–Trinajstić information content (AvgIpc) is 2.48. The predicted molar refractivity (Wildman–Crippen MR) is 77.0 cm³/mol. The van der Waals surface area contributed by atoms with Gasteiger partial charge in [-0.3, -0.25) is 4.79 Å². The number of ether oxygens (including phenoxy) is 1. The molecular weight excluding hydrogens is 278 g/mol. The minimum Gasteiger partial charge on any atom is -0.458 e. The van der Waals surface area contributed by atoms with Crippen molar-refractivity contribution >= 4 is 17.5 Å². The minimum atomic E-state index is -0.0319. The Labute approximate surface area is 124 Å². The van der Waals surface area contributed by atoms with Gasteiger partial charge >= 0.3 is 6.01 Å². The van der Waals surface area contributed by atoms with Crippen LogP contribution in [-0.4, -0.2) is 45.8 Å². The molecule has 20 heavy (non-hydrogen) atoms. The number of amides is 1. The summed E-state index contributed by atoms with van der Waals surface area (Å²) in [6, 6.07) is 0.388. The van der Waals surface area contributed by atoms with Gasteiger partial charge in [0, 0.05) is 31.2 Å². The first-order valence-electron chi connectivity index (χ1n) is 7.04. The molecule has 0 saturated carbocycles. The Morgan fingerprint density at radius 3 is 2.90 bits per heavy atom. The molecule has 0 spiro atoms. The molecule has 0 aliphatic carbocycles. The SMILES string of the molecule is CCc1cnc(OC2CCCN(C(=O)CCCl)C2)nc1. The van der Waals surface area contributed by atoms with Crippen LogP contribution in [0.15, 0.2) is 12.4 Å². The van der Waals surface area contributed by atoms with Gasteiger partial charge in [0.1, 0.15) is 6.10 Å². The molecule has 0 aromatic carbocycles. The summed E-state index contributed by atoms with van der Waals surface area (Å²) in [5.74, 6) is 0.457. The lowest BCUT2D eigenvalue weighted by Crippen LogP contribution is -2.44. The first-order valence-corrected chi connectivity index (χ1v) is 7.57. The van der Waals surface area contributed by atoms with Crippen molar-refractivity contribution in [2.45, 2.75) is 38.7 Å². The summed E-state index contributed by atoms with van der Waals surface area (Å²) in [6.45, 7) is 3.43. The van der Waals surface area contributed by atoms with Crippen molar-refractivity contribution in [2.75, 3.05) is 19.0 Å². The highest BCUT2D eigenvalue weighted by molar-refractivity contribution is 6.18. The molecule has 2 heterocycles. The van der Waals surface area contributed by atoms with E-state index < -0.39 is 0 Å². The number of rotatable bonds is 5. The van der Waals surface area contributed by atoms with E-state index in [1.54, 1.807) is 12.4 Å². The first kappa shape index (κ1) is 15.0. The zero-order chi connectivity index (χ0) is 14.4. The first-order chi connectivity index (χ1) is 9.72. The van der Waals surface area contributed by atoms with Crippen molar-refractivity contribution in [3.05, 3.63) is 18.0 Å². The fraction of sp³-hybridized carbons (Fsp3) is 0.643. The molecule has 0 N–H and O–H groups in total. The highest BCUT2D eigenvalue weighted by Crippen LogP contribution is 2.16. The van der Waals surface area contributed by atoms with Crippen LogP contribution in [0.5, 0.6) is 6.01 Å². The van der Waals surface area contributed by atoms with Crippen LogP contribution in [0.25, 0.3) is 0 Å². The lowest BCUT2D eigenvalue weighted by atomic mass is 10.1. The molecule has 1 unspecified atom stereocenters. The highest BCUT2D eigenvalue weighted by Gasteiger charge is 2.25. The Bertz CT molecular complexity index is 439. The Morgan fingerprint density at radius 1 is 1.50 bits per heavy atom. The van der Waals surface area contributed by atoms with E-state index in [-0.39, 0.29) is 12.0 Å². The third kappa shape index (κ3) is 4.07. The van der Waals surface area contributed by atoms with E-state index in [1.165, 1.54) is 0 Å². The number of aromatic nitrogens is 2. The van der Waals surface area contributed by atoms with Crippen LogP contribution in [0, 0.1) is 0 Å². The number of piperidine rings is 1. The predicted octanol–water partition coefficient (Wildman–Crippen LogP) is 2.04. The van der Waals surface area contributed by atoms with Crippen LogP contribution < -0.4 is 4.74 Å². The maximum Gasteiger partial charge on any atom is 0.316 e. The Kier molecular flexibility index (Phi) is 5.59. The zero-order valence-corrected chi connectivity index (χ0v) is 12.5. The van der Waals surface area contributed by atoms with Gasteiger partial charge in [0.15, 0.2) is 0 Å². The van der Waals surface area contributed by atoms with Crippen molar-refractivity contribution in [1.82, 2.24) is 14.9 Å². The van der Waals surface area contributed by atoms with Crippen molar-refractivity contribution in [3.63, 3.8) is 0 Å². The van der Waals surface area contributed by atoms with Gasteiger partial charge in [-0.1, -0.05) is 6.92 Å². The van der Waals surface area contributed by atoms with E-state index >= 15 is 0 Å². The normalized spacial score (nSPS) is 18.9. The summed E-state index contributed by atoms with van der Waals surface area (Å²) in [4.78, 5) is 22.0. The van der Waals surface area contributed by atoms with E-state index in [0.29, 0.717) is 24.9 Å². The van der Waals surface area contributed by atoms with Gasteiger partial charge in [-0.15, -0.1) is 11.6 Å². The van der Waals surface area contributed by atoms with E-state index in [9.17, 15) is 4.79 Å². The van der Waals surface area contributed by atoms with Gasteiger partial charge in [-0.2, -0.15) is 0 Å². The Morgan fingerprint density at radius 2 is 2.25 bits per heavy atom. The number of halogens is 1. The number of hydrogen-bond donors (Lipinski definition) is 0. The standard InChI is InChI=1S/C14H20ClN3O2/c1-2-11-8-16-14(17-9-11)20-12-4-3-7-18(10-12)13(19)5-6-15/h8-9,12H,2-7,10H2,1H3. The number of nitrogens with zero attached hydrogens (tertiary/aromatic N) is 3. The van der Waals surface area contributed by atoms with E-state index in [1.807, 2.05) is 4.90 Å². The molecule has 110 valence electrons. The number of alkyl halides is 1. The van der Waals surface area contributed by atoms with Crippen LogP contribution in [0.2, 0.25) is 0 Å². The molecule has 0 radical (unpaired) electrons. The summed E-state index contributed by atoms with van der Waals surface area (Å²) in [5, 5.41) is 0. The van der Waals surface area contributed by atoms with Gasteiger partial charge in [-0.25, -0.2) is 9.97 Å². The number of carbonyl (C=O) groups excluding carboxylic acids is 1. The number of likely N-dealkylation sites (tertiary alicyclic amines) is 1. The fourth-order valence-electron chi connectivity index (χ4n) is 2.24. The largest absolute Gasteiger partial charge is 0.458 e. The molecule has 1 amide bonds. The van der Waals surface area contributed by atoms with Gasteiger partial charge in [0.05, 0.1) is 6.54 Å². The highest BCUT2D eigenvalue weighted by atomic mass is 35.5. The second-order valence-corrected chi connectivity index (χ2v) is 5.27. The van der Waals surface area contributed by atoms with E-state index in [4.69, 9.17) is 16.3 Å². The quantitative estimate of drug-likeness (QED) is 0.781. The van der Waals surface area contributed by atoms with Crippen LogP contribution in [0.4, 0.5) is 0 Å². The zero-order valence-electron chi connectivity index (χ0n) is 11.7. The van der Waals surface area contributed by atoms with Gasteiger partial charge in [0.2, 0.25) is 5.91 Å². The van der Waals surface area contributed by atoms with E-state index in [0.717, 1.165) is 31.4 Å². The van der Waals surface area contributed by atoms with Gasteiger partial charge in [-0.05, 0) is 24.8 Å². The van der Waals surface area contributed by atoms with Crippen molar-refractivity contribution in [1.29, 1.82) is 0 Å². The molecular formula is C14H20ClN3O2. The lowest BCUT2D eigenvalue weighted by molar-refractivity contribution is -0.133. The van der Waals surface area contributed by atoms with Crippen LogP contribution >= 0.6 is 11.6 Å². The number of carbonyl (C=O) groups is 1. The van der Waals surface area contributed by atoms with Crippen LogP contribution in [-0.2, 0) is 11.2 Å². The number of aryl methyl sites for hydroxylation is 1. The maximum absolute atomic E-state index is 11.8. The van der Waals surface area contributed by atoms with Crippen LogP contribution in [0.1, 0.15) is 31.7 Å². The van der Waals surface area contributed by atoms with Crippen LogP contribution in [0.3, 0.4) is 0 Å². The summed E-state index contributed by atoms with van der Waals surface area (Å²) < 4.78 is 5.76. The topological polar surface area (TPSA) is 55.3 Å². The molecule has 1 aromatic rings. The molecule has 0 bridgehead atoms. The third-order valence-corrected chi connectivity index (χ3v) is 3.59. The molecule has 1 aromatic heterocycles. The Hall–Kier alpha value is -1.36. The molecule has 6 heteroatoms. The van der Waals surface area contributed by atoms with E-state index in [2.05, 4.69) is 16.9 Å². The lowest BCUT2D eigenvalue weighted by Gasteiger charge is -2.32. The second-order valence-electron chi connectivity index (χ2n) is 4.89. The molecule has 1 atom stereocenters. The van der Waals surface area contributed by atoms with Crippen molar-refractivity contribution in [3.8, 4) is 6.01 Å². The minimum absolute atomic E-state index is 0.0319. The molecule has 1 saturated heterocycles. The summed E-state index contributed by atoms with van der Waals surface area (Å²) in [6.07, 6.45) is 6.68. The second kappa shape index (κ2) is 7.43. The molecule has 1 aliphatic heterocycles. The van der Waals surface area contributed by atoms with Gasteiger partial charge < -0.3 is 9.64 Å². The Balaban J connectivity index is 1.90. The monoisotopic (exact) mass is 297 g/mol. The molecule has 2 rings (SSSR count). The summed E-state index contributed by atoms with van der Waals surface area (Å²) >= 11 is 5.61. The molecule has 5 nitrogen and oxygen atoms in total. The van der Waals surface area contributed by atoms with Crippen molar-refractivity contribution < 1.29 is 9.53 Å². The van der Waals surface area contributed by atoms with Crippen molar-refractivity contribution in [2.24, 2.45) is 0 Å². The third-order valence-electron chi connectivity index (χ3n) is 3.40. The molecule has 1 aliphatic rings. The van der Waals surface area contributed by atoms with Gasteiger partial charge in [0.25, 0.3) is 0 Å². The number of hydrogen-bond acceptors (Lipinski definition) is 4. The average molecular weight is 298 g/mol. The molecule has 1 fully saturated rings. The fourth-order valence-corrected chi connectivity index (χ4v) is 2.40. The summed E-state index contributed by atoms with van der Waals surface area (Å²) in [5.41, 5.74) is 1.08. The maximum atomic E-state index is 11.8. The summed E-state index contributed by atoms with van der Waals surface area (Å²) in [7, 11) is 0.